The number of amides is 2. The van der Waals surface area contributed by atoms with E-state index >= 15 is 0 Å². The topological polar surface area (TPSA) is 102 Å². The van der Waals surface area contributed by atoms with Crippen molar-refractivity contribution < 1.29 is 32.7 Å². The molecule has 2 amide bonds. The predicted octanol–water partition coefficient (Wildman–Crippen LogP) is 4.55. The molecule has 0 bridgehead atoms. The molecule has 0 aliphatic rings. The zero-order valence-corrected chi connectivity index (χ0v) is 19.1. The average Bonchev–Trinajstić information content (AvgIpc) is 3.08. The van der Waals surface area contributed by atoms with Gasteiger partial charge in [0.05, 0.1) is 0 Å². The van der Waals surface area contributed by atoms with Crippen LogP contribution in [0.2, 0.25) is 5.02 Å². The van der Waals surface area contributed by atoms with Crippen molar-refractivity contribution in [3.63, 3.8) is 0 Å². The fourth-order valence-corrected chi connectivity index (χ4v) is 3.80. The standard InChI is InChI=1S/C23H21ClF3N3O4/c1-23(2,3)29-21(32)20(30(10-31)9-11-6-14(25)18(27)15(26)7-11)17-13-5-4-12(24)8-16(13)28-19(17)22(33)34/h4-8,10,20,28H,9H2,1-3H3,(H,29,32)(H,33,34)/t20-/m1/s1. The molecule has 2 aromatic carbocycles. The first kappa shape index (κ1) is 25.1. The third-order valence-electron chi connectivity index (χ3n) is 4.91. The van der Waals surface area contributed by atoms with E-state index in [0.29, 0.717) is 28.1 Å². The summed E-state index contributed by atoms with van der Waals surface area (Å²) in [6.45, 7) is 4.54. The van der Waals surface area contributed by atoms with E-state index in [9.17, 15) is 32.7 Å². The van der Waals surface area contributed by atoms with E-state index in [4.69, 9.17) is 11.6 Å². The first-order chi connectivity index (χ1) is 15.8. The van der Waals surface area contributed by atoms with Crippen LogP contribution >= 0.6 is 11.6 Å². The number of H-pyrrole nitrogens is 1. The highest BCUT2D eigenvalue weighted by Crippen LogP contribution is 2.34. The fourth-order valence-electron chi connectivity index (χ4n) is 3.63. The van der Waals surface area contributed by atoms with Crippen molar-refractivity contribution in [2.45, 2.75) is 38.9 Å². The van der Waals surface area contributed by atoms with Crippen molar-refractivity contribution in [2.75, 3.05) is 0 Å². The van der Waals surface area contributed by atoms with Gasteiger partial charge in [-0.1, -0.05) is 17.7 Å². The second-order valence-corrected chi connectivity index (χ2v) is 9.14. The van der Waals surface area contributed by atoms with Crippen molar-refractivity contribution in [3.8, 4) is 0 Å². The van der Waals surface area contributed by atoms with Gasteiger partial charge in [-0.25, -0.2) is 18.0 Å². The van der Waals surface area contributed by atoms with Crippen LogP contribution in [0.4, 0.5) is 13.2 Å². The summed E-state index contributed by atoms with van der Waals surface area (Å²) in [5.74, 6) is -6.75. The summed E-state index contributed by atoms with van der Waals surface area (Å²) in [4.78, 5) is 41.1. The Morgan fingerprint density at radius 1 is 1.18 bits per heavy atom. The molecule has 3 rings (SSSR count). The quantitative estimate of drug-likeness (QED) is 0.330. The Morgan fingerprint density at radius 2 is 1.79 bits per heavy atom. The minimum Gasteiger partial charge on any atom is -0.477 e. The highest BCUT2D eigenvalue weighted by Gasteiger charge is 2.35. The first-order valence-corrected chi connectivity index (χ1v) is 10.4. The Balaban J connectivity index is 2.21. The van der Waals surface area contributed by atoms with Crippen LogP contribution < -0.4 is 5.32 Å². The normalized spacial score (nSPS) is 12.4. The number of carbonyl (C=O) groups is 3. The average molecular weight is 496 g/mol. The summed E-state index contributed by atoms with van der Waals surface area (Å²) in [6.07, 6.45) is 0.256. The highest BCUT2D eigenvalue weighted by atomic mass is 35.5. The van der Waals surface area contributed by atoms with E-state index in [1.54, 1.807) is 20.8 Å². The maximum absolute atomic E-state index is 13.8. The number of fused-ring (bicyclic) bond motifs is 1. The molecule has 1 atom stereocenters. The second kappa shape index (κ2) is 9.38. The third-order valence-corrected chi connectivity index (χ3v) is 5.15. The Labute approximate surface area is 197 Å². The molecule has 0 spiro atoms. The number of nitrogens with one attached hydrogen (secondary N) is 2. The number of carbonyl (C=O) groups excluding carboxylic acids is 2. The van der Waals surface area contributed by atoms with E-state index < -0.39 is 47.5 Å². The molecule has 0 aliphatic carbocycles. The lowest BCUT2D eigenvalue weighted by Gasteiger charge is -2.31. The van der Waals surface area contributed by atoms with Crippen molar-refractivity contribution in [1.82, 2.24) is 15.2 Å². The number of aromatic carboxylic acids is 1. The lowest BCUT2D eigenvalue weighted by atomic mass is 9.98. The number of benzene rings is 2. The minimum atomic E-state index is -1.68. The molecule has 1 aromatic heterocycles. The SMILES string of the molecule is CC(C)(C)NC(=O)[C@@H](c1c(C(=O)O)[nH]c2cc(Cl)ccc12)N(C=O)Cc1cc(F)c(F)c(F)c1. The second-order valence-electron chi connectivity index (χ2n) is 8.70. The van der Waals surface area contributed by atoms with Crippen LogP contribution in [0.25, 0.3) is 10.9 Å². The molecule has 1 heterocycles. The zero-order chi connectivity index (χ0) is 25.4. The molecule has 7 nitrogen and oxygen atoms in total. The summed E-state index contributed by atoms with van der Waals surface area (Å²) < 4.78 is 40.9. The van der Waals surface area contributed by atoms with Gasteiger partial charge in [-0.05, 0) is 50.6 Å². The van der Waals surface area contributed by atoms with Gasteiger partial charge in [-0.3, -0.25) is 9.59 Å². The Bertz CT molecular complexity index is 1260. The molecular weight excluding hydrogens is 475 g/mol. The van der Waals surface area contributed by atoms with E-state index in [1.165, 1.54) is 18.2 Å². The summed E-state index contributed by atoms with van der Waals surface area (Å²) in [5, 5.41) is 13.1. The Kier molecular flexibility index (Phi) is 6.92. The molecule has 3 aromatic rings. The molecule has 3 N–H and O–H groups in total. The van der Waals surface area contributed by atoms with Crippen LogP contribution in [0.5, 0.6) is 0 Å². The van der Waals surface area contributed by atoms with Gasteiger partial charge in [-0.2, -0.15) is 0 Å². The molecule has 0 fully saturated rings. The number of hydrogen-bond donors (Lipinski definition) is 3. The van der Waals surface area contributed by atoms with Crippen LogP contribution in [-0.2, 0) is 16.1 Å². The monoisotopic (exact) mass is 495 g/mol. The van der Waals surface area contributed by atoms with Crippen LogP contribution in [0.1, 0.15) is 48.4 Å². The molecule has 0 aliphatic heterocycles. The van der Waals surface area contributed by atoms with Crippen molar-refractivity contribution in [3.05, 3.63) is 69.6 Å². The zero-order valence-electron chi connectivity index (χ0n) is 18.4. The molecule has 0 saturated carbocycles. The highest BCUT2D eigenvalue weighted by molar-refractivity contribution is 6.31. The maximum atomic E-state index is 13.8. The van der Waals surface area contributed by atoms with Gasteiger partial charge in [0, 0.05) is 33.6 Å². The fraction of sp³-hybridized carbons (Fsp3) is 0.261. The lowest BCUT2D eigenvalue weighted by molar-refractivity contribution is -0.134. The number of nitrogens with zero attached hydrogens (tertiary/aromatic N) is 1. The Hall–Kier alpha value is -3.53. The first-order valence-electron chi connectivity index (χ1n) is 10.0. The largest absolute Gasteiger partial charge is 0.477 e. The molecule has 34 heavy (non-hydrogen) atoms. The summed E-state index contributed by atoms with van der Waals surface area (Å²) in [5.41, 5.74) is -1.02. The molecule has 0 unspecified atom stereocenters. The number of aromatic amines is 1. The van der Waals surface area contributed by atoms with Crippen LogP contribution in [-0.4, -0.2) is 38.8 Å². The number of aromatic nitrogens is 1. The molecule has 0 radical (unpaired) electrons. The number of halogens is 4. The number of rotatable bonds is 7. The molecule has 11 heteroatoms. The van der Waals surface area contributed by atoms with Gasteiger partial charge < -0.3 is 20.3 Å². The van der Waals surface area contributed by atoms with E-state index in [0.717, 1.165) is 4.90 Å². The van der Waals surface area contributed by atoms with Gasteiger partial charge in [0.15, 0.2) is 17.5 Å². The van der Waals surface area contributed by atoms with Gasteiger partial charge in [0.1, 0.15) is 11.7 Å². The van der Waals surface area contributed by atoms with Crippen molar-refractivity contribution in [1.29, 1.82) is 0 Å². The number of carboxylic acids is 1. The number of hydrogen-bond acceptors (Lipinski definition) is 3. The smallest absolute Gasteiger partial charge is 0.352 e. The van der Waals surface area contributed by atoms with Crippen LogP contribution in [0.3, 0.4) is 0 Å². The molecular formula is C23H21ClF3N3O4. The van der Waals surface area contributed by atoms with Crippen LogP contribution in [0, 0.1) is 17.5 Å². The third kappa shape index (κ3) is 5.17. The van der Waals surface area contributed by atoms with E-state index in [1.807, 2.05) is 0 Å². The van der Waals surface area contributed by atoms with Crippen LogP contribution in [0.15, 0.2) is 30.3 Å². The van der Waals surface area contributed by atoms with Crippen molar-refractivity contribution in [2.24, 2.45) is 0 Å². The predicted molar refractivity (Wildman–Crippen MR) is 119 cm³/mol. The minimum absolute atomic E-state index is 0.0453. The summed E-state index contributed by atoms with van der Waals surface area (Å²) in [7, 11) is 0. The van der Waals surface area contributed by atoms with E-state index in [2.05, 4.69) is 10.3 Å². The van der Waals surface area contributed by atoms with Gasteiger partial charge in [0.2, 0.25) is 12.3 Å². The van der Waals surface area contributed by atoms with Gasteiger partial charge in [-0.15, -0.1) is 0 Å². The van der Waals surface area contributed by atoms with Gasteiger partial charge in [0.25, 0.3) is 0 Å². The Morgan fingerprint density at radius 3 is 2.32 bits per heavy atom. The van der Waals surface area contributed by atoms with E-state index in [-0.39, 0.29) is 23.2 Å². The summed E-state index contributed by atoms with van der Waals surface area (Å²) in [6, 6.07) is 4.31. The lowest BCUT2D eigenvalue weighted by Crippen LogP contribution is -2.47. The maximum Gasteiger partial charge on any atom is 0.352 e. The molecule has 180 valence electrons. The number of carboxylic acid groups (broad SMARTS) is 1. The summed E-state index contributed by atoms with van der Waals surface area (Å²) >= 11 is 6.01. The van der Waals surface area contributed by atoms with Crippen molar-refractivity contribution >= 4 is 40.8 Å². The molecule has 0 saturated heterocycles. The van der Waals surface area contributed by atoms with Gasteiger partial charge >= 0.3 is 5.97 Å².